The molecule has 0 amide bonds. The molecule has 0 bridgehead atoms. The third-order valence-electron chi connectivity index (χ3n) is 8.23. The second-order valence-corrected chi connectivity index (χ2v) is 16.6. The molecule has 0 aliphatic carbocycles. The van der Waals surface area contributed by atoms with Crippen molar-refractivity contribution in [2.75, 3.05) is 12.7 Å². The van der Waals surface area contributed by atoms with E-state index in [-0.39, 0.29) is 4.90 Å². The minimum Gasteiger partial charge on any atom is -0.0614 e. The Morgan fingerprint density at radius 3 is 1.69 bits per heavy atom. The van der Waals surface area contributed by atoms with Gasteiger partial charge in [-0.2, -0.15) is 0 Å². The van der Waals surface area contributed by atoms with E-state index in [2.05, 4.69) is 95.7 Å². The maximum atomic E-state index is 13.0. The van der Waals surface area contributed by atoms with Crippen LogP contribution in [0.1, 0.15) is 25.7 Å². The molecule has 1 heterocycles. The van der Waals surface area contributed by atoms with Gasteiger partial charge in [-0.25, -0.2) is 0 Å². The molecule has 6 aromatic rings. The Labute approximate surface area is 248 Å². The van der Waals surface area contributed by atoms with E-state index in [0.29, 0.717) is 12.1 Å². The molecule has 0 radical (unpaired) electrons. The van der Waals surface area contributed by atoms with Crippen molar-refractivity contribution in [3.8, 4) is 0 Å². The number of hydrogen-bond acceptors (Lipinski definition) is 3. The van der Waals surface area contributed by atoms with Gasteiger partial charge in [0.15, 0.2) is 0 Å². The molecule has 214 valence electrons. The topological polar surface area (TPSA) is 59.3 Å². The summed E-state index contributed by atoms with van der Waals surface area (Å²) in [5, 5.41) is 6.19. The van der Waals surface area contributed by atoms with Gasteiger partial charge >= 0.3 is 214 Å². The van der Waals surface area contributed by atoms with Crippen molar-refractivity contribution in [2.45, 2.75) is 30.6 Å². The average Bonchev–Trinajstić information content (AvgIpc) is 3.42. The molecule has 6 rings (SSSR count). The predicted octanol–water partition coefficient (Wildman–Crippen LogP) is 7.15. The van der Waals surface area contributed by atoms with Crippen LogP contribution in [0.25, 0.3) is 21.9 Å². The fourth-order valence-corrected chi connectivity index (χ4v) is 12.2. The number of nitrogens with one attached hydrogen (secondary N) is 1. The van der Waals surface area contributed by atoms with Crippen molar-refractivity contribution >= 4 is 55.1 Å². The van der Waals surface area contributed by atoms with Crippen LogP contribution in [-0.2, 0) is 10.0 Å². The van der Waals surface area contributed by atoms with Gasteiger partial charge in [-0.3, -0.25) is 0 Å². The monoisotopic (exact) mass is 593 g/mol. The molecule has 0 aliphatic rings. The average molecular weight is 594 g/mol. The first-order chi connectivity index (χ1) is 20.6. The third-order valence-corrected chi connectivity index (χ3v) is 14.7. The second-order valence-electron chi connectivity index (χ2n) is 10.8. The van der Waals surface area contributed by atoms with Crippen molar-refractivity contribution in [2.24, 2.45) is 0 Å². The van der Waals surface area contributed by atoms with E-state index >= 15 is 0 Å². The smallest absolute Gasteiger partial charge is 0.0614 e. The quantitative estimate of drug-likeness (QED) is 0.121. The summed E-state index contributed by atoms with van der Waals surface area (Å²) in [7, 11) is -5.84. The third kappa shape index (κ3) is 5.78. The summed E-state index contributed by atoms with van der Waals surface area (Å²) in [5.41, 5.74) is 1.34. The maximum absolute atomic E-state index is 13.0. The zero-order valence-electron chi connectivity index (χ0n) is 23.6. The van der Waals surface area contributed by atoms with Gasteiger partial charge in [0.05, 0.1) is 0 Å². The van der Waals surface area contributed by atoms with Crippen molar-refractivity contribution in [1.29, 1.82) is 0 Å². The van der Waals surface area contributed by atoms with Crippen LogP contribution in [0.2, 0.25) is 0 Å². The first kappa shape index (κ1) is 28.4. The molecule has 0 unspecified atom stereocenters. The van der Waals surface area contributed by atoms with Crippen LogP contribution >= 0.6 is 7.26 Å². The molecule has 6 heteroatoms. The summed E-state index contributed by atoms with van der Waals surface area (Å²) in [6.07, 6.45) is 5.00. The molecule has 0 fully saturated rings. The number of sulfonamides is 1. The summed E-state index contributed by atoms with van der Waals surface area (Å²) >= 11 is 0. The number of para-hydroxylation sites is 1. The minimum absolute atomic E-state index is 0.235. The molecule has 0 aliphatic heterocycles. The Hall–Kier alpha value is -3.76. The van der Waals surface area contributed by atoms with Crippen LogP contribution < -0.4 is 20.6 Å². The van der Waals surface area contributed by atoms with Crippen molar-refractivity contribution < 1.29 is 12.8 Å². The van der Waals surface area contributed by atoms with E-state index in [1.54, 1.807) is 12.1 Å². The predicted molar refractivity (Wildman–Crippen MR) is 179 cm³/mol. The van der Waals surface area contributed by atoms with Gasteiger partial charge in [-0.05, 0) is 6.07 Å². The summed E-state index contributed by atoms with van der Waals surface area (Å²) < 4.78 is 34.8. The molecule has 5 aromatic carbocycles. The van der Waals surface area contributed by atoms with Gasteiger partial charge in [0.25, 0.3) is 0 Å². The zero-order chi connectivity index (χ0) is 28.8. The standard InChI is InChI=1S/C36H36NO3PS/c38-42(39,32-24-25-34-33-22-12-13-23-35(33)40-36(34)28-32)37-26-14-1-2-15-27-41(29-16-6-3-7-17-29,30-18-8-4-9-19-30)31-20-10-5-11-21-31/h3-13,16-25,28,37,41H,1-2,14-15,26-27H2. The van der Waals surface area contributed by atoms with Crippen LogP contribution in [0.3, 0.4) is 0 Å². The summed E-state index contributed by atoms with van der Waals surface area (Å²) in [5.74, 6) is 0. The molecule has 0 saturated carbocycles. The van der Waals surface area contributed by atoms with Crippen molar-refractivity contribution in [1.82, 2.24) is 4.72 Å². The van der Waals surface area contributed by atoms with E-state index in [4.69, 9.17) is 4.42 Å². The molecule has 1 aromatic heterocycles. The molecule has 0 saturated heterocycles. The van der Waals surface area contributed by atoms with Crippen molar-refractivity contribution in [3.63, 3.8) is 0 Å². The van der Waals surface area contributed by atoms with Gasteiger partial charge in [-0.1, -0.05) is 18.2 Å². The summed E-state index contributed by atoms with van der Waals surface area (Å²) in [4.78, 5) is 0.235. The van der Waals surface area contributed by atoms with Crippen LogP contribution in [0, 0.1) is 0 Å². The number of hydrogen-bond donors (Lipinski definition) is 1. The van der Waals surface area contributed by atoms with E-state index in [1.165, 1.54) is 15.9 Å². The van der Waals surface area contributed by atoms with Gasteiger partial charge in [0.1, 0.15) is 5.58 Å². The van der Waals surface area contributed by atoms with Crippen LogP contribution in [-0.4, -0.2) is 21.1 Å². The first-order valence-electron chi connectivity index (χ1n) is 14.7. The Morgan fingerprint density at radius 2 is 1.07 bits per heavy atom. The van der Waals surface area contributed by atoms with Crippen molar-refractivity contribution in [3.05, 3.63) is 133 Å². The molecule has 42 heavy (non-hydrogen) atoms. The van der Waals surface area contributed by atoms with Gasteiger partial charge in [-0.15, -0.1) is 0 Å². The molecular formula is C36H36NO3PS. The first-order valence-corrected chi connectivity index (χ1v) is 18.3. The summed E-state index contributed by atoms with van der Waals surface area (Å²) in [6.45, 7) is 0.416. The Morgan fingerprint density at radius 1 is 0.548 bits per heavy atom. The van der Waals surface area contributed by atoms with Gasteiger partial charge in [0.2, 0.25) is 0 Å². The number of benzene rings is 5. The normalized spacial score (nSPS) is 12.6. The molecular weight excluding hydrogens is 557 g/mol. The fourth-order valence-electron chi connectivity index (χ4n) is 6.13. The minimum atomic E-state index is -3.62. The molecule has 1 N–H and O–H groups in total. The zero-order valence-corrected chi connectivity index (χ0v) is 25.4. The van der Waals surface area contributed by atoms with E-state index < -0.39 is 17.3 Å². The van der Waals surface area contributed by atoms with Crippen LogP contribution in [0.5, 0.6) is 0 Å². The number of rotatable bonds is 12. The molecule has 0 atom stereocenters. The van der Waals surface area contributed by atoms with Crippen LogP contribution in [0.15, 0.2) is 143 Å². The van der Waals surface area contributed by atoms with Gasteiger partial charge in [0, 0.05) is 5.39 Å². The Bertz CT molecular complexity index is 1770. The molecule has 0 spiro atoms. The molecule has 4 nitrogen and oxygen atoms in total. The SMILES string of the molecule is O=S(=O)(NCCCCCC[PH](c1ccccc1)(c1ccccc1)c1ccccc1)c1ccc2c(c1)oc1ccccc12. The number of unbranched alkanes of at least 4 members (excludes halogenated alkanes) is 3. The Balaban J connectivity index is 1.10. The van der Waals surface area contributed by atoms with E-state index in [1.807, 2.05) is 30.3 Å². The summed E-state index contributed by atoms with van der Waals surface area (Å²) in [6, 6.07) is 45.8. The van der Waals surface area contributed by atoms with Crippen LogP contribution in [0.4, 0.5) is 0 Å². The van der Waals surface area contributed by atoms with E-state index in [0.717, 1.165) is 48.2 Å². The number of fused-ring (bicyclic) bond motifs is 3. The second kappa shape index (κ2) is 12.6. The fraction of sp³-hybridized carbons (Fsp3) is 0.167. The van der Waals surface area contributed by atoms with Gasteiger partial charge < -0.3 is 0 Å². The Kier molecular flexibility index (Phi) is 8.53. The number of furan rings is 1. The van der Waals surface area contributed by atoms with E-state index in [9.17, 15) is 8.42 Å².